The lowest BCUT2D eigenvalue weighted by Crippen LogP contribution is -2.44. The normalized spacial score (nSPS) is 30.8. The Bertz CT molecular complexity index is 345. The van der Waals surface area contributed by atoms with Gasteiger partial charge in [-0.3, -0.25) is 4.79 Å². The van der Waals surface area contributed by atoms with Crippen molar-refractivity contribution in [2.45, 2.75) is 44.4 Å². The molecule has 3 atom stereocenters. The van der Waals surface area contributed by atoms with E-state index in [9.17, 15) is 14.7 Å². The number of rotatable bonds is 4. The van der Waals surface area contributed by atoms with E-state index in [1.165, 1.54) is 0 Å². The molecular weight excluding hydrogens is 250 g/mol. The molecule has 1 saturated carbocycles. The average molecular weight is 271 g/mol. The van der Waals surface area contributed by atoms with Crippen LogP contribution in [-0.4, -0.2) is 45.5 Å². The van der Waals surface area contributed by atoms with Crippen molar-refractivity contribution in [2.24, 2.45) is 11.8 Å². The number of likely N-dealkylation sites (tertiary alicyclic amines) is 1. The Morgan fingerprint density at radius 1 is 1.39 bits per heavy atom. The molecule has 5 heteroatoms. The first-order chi connectivity index (χ1) is 8.50. The van der Waals surface area contributed by atoms with Gasteiger partial charge >= 0.3 is 5.97 Å². The van der Waals surface area contributed by atoms with E-state index in [2.05, 4.69) is 0 Å². The molecule has 1 aliphatic heterocycles. The molecule has 2 fully saturated rings. The van der Waals surface area contributed by atoms with Crippen LogP contribution in [0.15, 0.2) is 0 Å². The maximum Gasteiger partial charge on any atom is 0.326 e. The Morgan fingerprint density at radius 2 is 2.11 bits per heavy atom. The highest BCUT2D eigenvalue weighted by Crippen LogP contribution is 2.42. The van der Waals surface area contributed by atoms with Crippen molar-refractivity contribution in [1.29, 1.82) is 0 Å². The van der Waals surface area contributed by atoms with Gasteiger partial charge in [-0.25, -0.2) is 4.79 Å². The van der Waals surface area contributed by atoms with Crippen LogP contribution in [-0.2, 0) is 9.59 Å². The second kappa shape index (κ2) is 5.51. The van der Waals surface area contributed by atoms with Crippen molar-refractivity contribution in [3.8, 4) is 0 Å². The lowest BCUT2D eigenvalue weighted by molar-refractivity contribution is -0.148. The molecule has 0 spiro atoms. The predicted octanol–water partition coefficient (Wildman–Crippen LogP) is 1.84. The van der Waals surface area contributed by atoms with Crippen LogP contribution in [0.1, 0.15) is 33.1 Å². The number of nitrogens with zero attached hydrogens (tertiary/aromatic N) is 1. The zero-order valence-corrected chi connectivity index (χ0v) is 11.8. The molecule has 4 nitrogen and oxygen atoms in total. The van der Waals surface area contributed by atoms with Gasteiger partial charge in [0, 0.05) is 6.54 Å². The Hall–Kier alpha value is -0.710. The third kappa shape index (κ3) is 2.66. The van der Waals surface area contributed by atoms with Crippen LogP contribution < -0.4 is 0 Å². The molecule has 2 rings (SSSR count). The molecule has 1 heterocycles. The van der Waals surface area contributed by atoms with Crippen LogP contribution in [0.3, 0.4) is 0 Å². The van der Waals surface area contributed by atoms with Gasteiger partial charge in [-0.2, -0.15) is 0 Å². The molecule has 3 unspecified atom stereocenters. The molecule has 1 saturated heterocycles. The summed E-state index contributed by atoms with van der Waals surface area (Å²) in [5.74, 6) is 0.179. The number of hydrogen-bond donors (Lipinski definition) is 1. The van der Waals surface area contributed by atoms with Crippen LogP contribution in [0, 0.1) is 11.8 Å². The molecule has 2 aliphatic rings. The van der Waals surface area contributed by atoms with Crippen molar-refractivity contribution in [2.75, 3.05) is 12.3 Å². The first-order valence-corrected chi connectivity index (χ1v) is 7.69. The van der Waals surface area contributed by atoms with E-state index in [1.807, 2.05) is 13.8 Å². The molecule has 1 N–H and O–H groups in total. The Morgan fingerprint density at radius 3 is 2.72 bits per heavy atom. The summed E-state index contributed by atoms with van der Waals surface area (Å²) in [6.45, 7) is 4.75. The van der Waals surface area contributed by atoms with Crippen molar-refractivity contribution in [3.63, 3.8) is 0 Å². The highest BCUT2D eigenvalue weighted by Gasteiger charge is 2.49. The van der Waals surface area contributed by atoms with Gasteiger partial charge in [-0.15, -0.1) is 11.8 Å². The smallest absolute Gasteiger partial charge is 0.326 e. The van der Waals surface area contributed by atoms with E-state index in [4.69, 9.17) is 0 Å². The number of carbonyl (C=O) groups excluding carboxylic acids is 1. The number of hydrogen-bond acceptors (Lipinski definition) is 3. The molecule has 1 aliphatic carbocycles. The molecule has 0 aromatic heterocycles. The number of carboxylic acid groups (broad SMARTS) is 1. The van der Waals surface area contributed by atoms with Gasteiger partial charge in [0.1, 0.15) is 6.04 Å². The van der Waals surface area contributed by atoms with Gasteiger partial charge in [-0.05, 0) is 29.9 Å². The van der Waals surface area contributed by atoms with Crippen LogP contribution in [0.25, 0.3) is 0 Å². The van der Waals surface area contributed by atoms with Gasteiger partial charge in [0.25, 0.3) is 0 Å². The summed E-state index contributed by atoms with van der Waals surface area (Å²) < 4.78 is 0. The molecule has 18 heavy (non-hydrogen) atoms. The summed E-state index contributed by atoms with van der Waals surface area (Å²) in [4.78, 5) is 25.2. The van der Waals surface area contributed by atoms with Gasteiger partial charge in [-0.1, -0.05) is 20.3 Å². The fraction of sp³-hybridized carbons (Fsp3) is 0.846. The van der Waals surface area contributed by atoms with Crippen molar-refractivity contribution in [3.05, 3.63) is 0 Å². The number of carboxylic acids is 1. The summed E-state index contributed by atoms with van der Waals surface area (Å²) in [5.41, 5.74) is 0. The van der Waals surface area contributed by atoms with Crippen molar-refractivity contribution < 1.29 is 14.7 Å². The largest absolute Gasteiger partial charge is 0.480 e. The minimum atomic E-state index is -0.827. The molecular formula is C13H21NO3S. The fourth-order valence-corrected chi connectivity index (χ4v) is 3.84. The lowest BCUT2D eigenvalue weighted by atomic mass is 9.94. The van der Waals surface area contributed by atoms with Crippen LogP contribution in [0.5, 0.6) is 0 Å². The van der Waals surface area contributed by atoms with E-state index in [1.54, 1.807) is 16.7 Å². The quantitative estimate of drug-likeness (QED) is 0.847. The molecule has 0 bridgehead atoms. The Kier molecular flexibility index (Phi) is 4.20. The summed E-state index contributed by atoms with van der Waals surface area (Å²) in [6, 6.07) is -0.572. The fourth-order valence-electron chi connectivity index (χ4n) is 3.20. The third-order valence-electron chi connectivity index (χ3n) is 4.00. The van der Waals surface area contributed by atoms with E-state index in [0.29, 0.717) is 23.5 Å². The second-order valence-corrected chi connectivity index (χ2v) is 7.11. The maximum atomic E-state index is 12.1. The predicted molar refractivity (Wildman–Crippen MR) is 71.6 cm³/mol. The summed E-state index contributed by atoms with van der Waals surface area (Å²) in [5, 5.41) is 9.76. The molecule has 0 aromatic rings. The number of amides is 1. The zero-order chi connectivity index (χ0) is 13.3. The third-order valence-corrected chi connectivity index (χ3v) is 5.08. The molecule has 102 valence electrons. The van der Waals surface area contributed by atoms with E-state index >= 15 is 0 Å². The summed E-state index contributed by atoms with van der Waals surface area (Å²) in [7, 11) is 0. The van der Waals surface area contributed by atoms with E-state index < -0.39 is 12.0 Å². The van der Waals surface area contributed by atoms with E-state index in [-0.39, 0.29) is 11.8 Å². The zero-order valence-electron chi connectivity index (χ0n) is 11.0. The topological polar surface area (TPSA) is 57.6 Å². The number of carbonyl (C=O) groups is 2. The summed E-state index contributed by atoms with van der Waals surface area (Å²) >= 11 is 1.58. The Balaban J connectivity index is 2.03. The highest BCUT2D eigenvalue weighted by atomic mass is 32.2. The molecule has 0 aromatic carbocycles. The summed E-state index contributed by atoms with van der Waals surface area (Å²) in [6.07, 6.45) is 3.15. The van der Waals surface area contributed by atoms with Gasteiger partial charge < -0.3 is 10.0 Å². The maximum absolute atomic E-state index is 12.1. The van der Waals surface area contributed by atoms with E-state index in [0.717, 1.165) is 19.3 Å². The van der Waals surface area contributed by atoms with Crippen molar-refractivity contribution in [1.82, 2.24) is 4.90 Å². The number of fused-ring (bicyclic) bond motifs is 1. The standard InChI is InChI=1S/C13H21NO3S/c1-8(2)18-7-11(15)14-6-9-4-3-5-10(9)12(14)13(16)17/h8-10,12H,3-7H2,1-2H3,(H,16,17). The lowest BCUT2D eigenvalue weighted by Gasteiger charge is -2.24. The Labute approximate surface area is 112 Å². The number of thioether (sulfide) groups is 1. The van der Waals surface area contributed by atoms with Gasteiger partial charge in [0.15, 0.2) is 0 Å². The highest BCUT2D eigenvalue weighted by molar-refractivity contribution is 8.00. The molecule has 0 radical (unpaired) electrons. The SMILES string of the molecule is CC(C)SCC(=O)N1CC2CCCC2C1C(=O)O. The molecule has 1 amide bonds. The van der Waals surface area contributed by atoms with Crippen LogP contribution in [0.4, 0.5) is 0 Å². The minimum absolute atomic E-state index is 0.00417. The average Bonchev–Trinajstić information content (AvgIpc) is 2.83. The van der Waals surface area contributed by atoms with Crippen molar-refractivity contribution >= 4 is 23.6 Å². The van der Waals surface area contributed by atoms with Gasteiger partial charge in [0.2, 0.25) is 5.91 Å². The monoisotopic (exact) mass is 271 g/mol. The van der Waals surface area contributed by atoms with Gasteiger partial charge in [0.05, 0.1) is 5.75 Å². The van der Waals surface area contributed by atoms with Crippen LogP contribution >= 0.6 is 11.8 Å². The second-order valence-electron chi connectivity index (χ2n) is 5.54. The minimum Gasteiger partial charge on any atom is -0.480 e. The first kappa shape index (κ1) is 13.7. The number of aliphatic carboxylic acids is 1. The van der Waals surface area contributed by atoms with Crippen LogP contribution in [0.2, 0.25) is 0 Å². The first-order valence-electron chi connectivity index (χ1n) is 6.64.